The average Bonchev–Trinajstić information content (AvgIpc) is 3.30. The molecule has 0 atom stereocenters. The number of benzene rings is 2. The molecule has 0 unspecified atom stereocenters. The zero-order valence-electron chi connectivity index (χ0n) is 18.9. The number of nitrogens with zero attached hydrogens (tertiary/aromatic N) is 6. The number of tetrazole rings is 1. The summed E-state index contributed by atoms with van der Waals surface area (Å²) in [7, 11) is 0. The second-order valence-electron chi connectivity index (χ2n) is 8.52. The van der Waals surface area contributed by atoms with Gasteiger partial charge < -0.3 is 4.90 Å². The van der Waals surface area contributed by atoms with E-state index in [1.54, 1.807) is 4.80 Å². The van der Waals surface area contributed by atoms with Crippen molar-refractivity contribution in [3.63, 3.8) is 0 Å². The van der Waals surface area contributed by atoms with Gasteiger partial charge in [0.2, 0.25) is 11.7 Å². The molecule has 1 aliphatic rings. The molecule has 0 saturated carbocycles. The fraction of sp³-hybridized carbons (Fsp3) is 0.440. The molecule has 7 nitrogen and oxygen atoms in total. The molecule has 2 aromatic carbocycles. The van der Waals surface area contributed by atoms with Gasteiger partial charge in [-0.1, -0.05) is 66.6 Å². The summed E-state index contributed by atoms with van der Waals surface area (Å²) in [6.07, 6.45) is 3.83. The first kappa shape index (κ1) is 22.1. The Kier molecular flexibility index (Phi) is 7.61. The zero-order valence-corrected chi connectivity index (χ0v) is 18.9. The van der Waals surface area contributed by atoms with Gasteiger partial charge in [0.1, 0.15) is 0 Å². The van der Waals surface area contributed by atoms with Gasteiger partial charge in [-0.3, -0.25) is 9.69 Å². The van der Waals surface area contributed by atoms with Gasteiger partial charge in [-0.05, 0) is 37.1 Å². The SMILES string of the molecule is Cc1ccc(CC(=O)N2CCN(CCCCCn3nnc(-c4ccccc4)n3)CC2)cc1. The van der Waals surface area contributed by atoms with Crippen molar-refractivity contribution >= 4 is 5.91 Å². The fourth-order valence-electron chi connectivity index (χ4n) is 4.02. The van der Waals surface area contributed by atoms with Crippen molar-refractivity contribution in [2.45, 2.75) is 39.2 Å². The van der Waals surface area contributed by atoms with Crippen molar-refractivity contribution < 1.29 is 4.79 Å². The lowest BCUT2D eigenvalue weighted by atomic mass is 10.1. The van der Waals surface area contributed by atoms with Crippen LogP contribution < -0.4 is 0 Å². The highest BCUT2D eigenvalue weighted by molar-refractivity contribution is 5.78. The van der Waals surface area contributed by atoms with Crippen LogP contribution in [0.15, 0.2) is 54.6 Å². The van der Waals surface area contributed by atoms with Gasteiger partial charge in [-0.15, -0.1) is 10.2 Å². The van der Waals surface area contributed by atoms with Crippen LogP contribution in [-0.4, -0.2) is 68.6 Å². The van der Waals surface area contributed by atoms with Gasteiger partial charge >= 0.3 is 0 Å². The maximum atomic E-state index is 12.6. The van der Waals surface area contributed by atoms with Crippen LogP contribution in [0.1, 0.15) is 30.4 Å². The number of carbonyl (C=O) groups is 1. The third-order valence-electron chi connectivity index (χ3n) is 6.02. The molecule has 0 aliphatic carbocycles. The number of carbonyl (C=O) groups excluding carboxylic acids is 1. The largest absolute Gasteiger partial charge is 0.340 e. The van der Waals surface area contributed by atoms with Gasteiger partial charge in [-0.25, -0.2) is 0 Å². The zero-order chi connectivity index (χ0) is 22.2. The minimum absolute atomic E-state index is 0.240. The summed E-state index contributed by atoms with van der Waals surface area (Å²) in [6.45, 7) is 7.53. The molecule has 1 aliphatic heterocycles. The first-order chi connectivity index (χ1) is 15.7. The number of hydrogen-bond acceptors (Lipinski definition) is 5. The topological polar surface area (TPSA) is 67.2 Å². The highest BCUT2D eigenvalue weighted by atomic mass is 16.2. The lowest BCUT2D eigenvalue weighted by molar-refractivity contribution is -0.132. The third-order valence-corrected chi connectivity index (χ3v) is 6.02. The van der Waals surface area contributed by atoms with Crippen LogP contribution in [0.2, 0.25) is 0 Å². The van der Waals surface area contributed by atoms with Gasteiger partial charge in [0.05, 0.1) is 13.0 Å². The number of amides is 1. The summed E-state index contributed by atoms with van der Waals surface area (Å²) in [6, 6.07) is 18.2. The van der Waals surface area contributed by atoms with Crippen LogP contribution in [-0.2, 0) is 17.8 Å². The molecule has 0 spiro atoms. The molecular weight excluding hydrogens is 400 g/mol. The molecule has 32 heavy (non-hydrogen) atoms. The maximum Gasteiger partial charge on any atom is 0.227 e. The van der Waals surface area contributed by atoms with Gasteiger partial charge in [-0.2, -0.15) is 4.80 Å². The van der Waals surface area contributed by atoms with Crippen LogP contribution in [0.5, 0.6) is 0 Å². The first-order valence-electron chi connectivity index (χ1n) is 11.6. The molecule has 1 aromatic heterocycles. The van der Waals surface area contributed by atoms with E-state index in [1.807, 2.05) is 35.2 Å². The normalized spacial score (nSPS) is 14.6. The number of piperazine rings is 1. The Balaban J connectivity index is 1.10. The predicted octanol–water partition coefficient (Wildman–Crippen LogP) is 3.21. The molecule has 2 heterocycles. The van der Waals surface area contributed by atoms with E-state index in [2.05, 4.69) is 51.5 Å². The first-order valence-corrected chi connectivity index (χ1v) is 11.6. The molecule has 168 valence electrons. The van der Waals surface area contributed by atoms with Gasteiger partial charge in [0, 0.05) is 31.7 Å². The van der Waals surface area contributed by atoms with Crippen LogP contribution in [0.25, 0.3) is 11.4 Å². The van der Waals surface area contributed by atoms with Crippen LogP contribution in [0.4, 0.5) is 0 Å². The lowest BCUT2D eigenvalue weighted by Gasteiger charge is -2.34. The summed E-state index contributed by atoms with van der Waals surface area (Å²) >= 11 is 0. The predicted molar refractivity (Wildman–Crippen MR) is 125 cm³/mol. The molecule has 7 heteroatoms. The van der Waals surface area contributed by atoms with E-state index in [0.717, 1.165) is 69.7 Å². The Morgan fingerprint density at radius 3 is 2.34 bits per heavy atom. The Labute approximate surface area is 190 Å². The molecule has 0 bridgehead atoms. The summed E-state index contributed by atoms with van der Waals surface area (Å²) in [5.74, 6) is 0.920. The van der Waals surface area contributed by atoms with Crippen molar-refractivity contribution in [1.82, 2.24) is 30.0 Å². The van der Waals surface area contributed by atoms with Crippen molar-refractivity contribution in [2.24, 2.45) is 0 Å². The lowest BCUT2D eigenvalue weighted by Crippen LogP contribution is -2.49. The summed E-state index contributed by atoms with van der Waals surface area (Å²) in [5, 5.41) is 12.8. The number of hydrogen-bond donors (Lipinski definition) is 0. The van der Waals surface area contributed by atoms with Crippen LogP contribution in [0.3, 0.4) is 0 Å². The minimum atomic E-state index is 0.240. The number of unbranched alkanes of at least 4 members (excludes halogenated alkanes) is 2. The molecule has 3 aromatic rings. The van der Waals surface area contributed by atoms with E-state index in [1.165, 1.54) is 5.56 Å². The van der Waals surface area contributed by atoms with Crippen molar-refractivity contribution in [3.05, 3.63) is 65.7 Å². The standard InChI is InChI=1S/C25H32N6O/c1-21-10-12-22(13-11-21)20-24(32)30-18-16-29(17-19-30)14-6-3-7-15-31-27-25(26-28-31)23-8-4-2-5-9-23/h2,4-5,8-13H,3,6-7,14-20H2,1H3. The number of rotatable bonds is 9. The Morgan fingerprint density at radius 2 is 1.59 bits per heavy atom. The van der Waals surface area contributed by atoms with Crippen molar-refractivity contribution in [1.29, 1.82) is 0 Å². The quantitative estimate of drug-likeness (QED) is 0.486. The van der Waals surface area contributed by atoms with E-state index < -0.39 is 0 Å². The summed E-state index contributed by atoms with van der Waals surface area (Å²) in [5.41, 5.74) is 3.32. The molecule has 0 radical (unpaired) electrons. The molecule has 1 saturated heterocycles. The average molecular weight is 433 g/mol. The molecule has 0 N–H and O–H groups in total. The van der Waals surface area contributed by atoms with E-state index in [9.17, 15) is 4.79 Å². The minimum Gasteiger partial charge on any atom is -0.340 e. The van der Waals surface area contributed by atoms with E-state index in [0.29, 0.717) is 12.2 Å². The smallest absolute Gasteiger partial charge is 0.227 e. The Hall–Kier alpha value is -3.06. The Bertz CT molecular complexity index is 977. The second kappa shape index (κ2) is 11.0. The third kappa shape index (κ3) is 6.23. The van der Waals surface area contributed by atoms with Crippen LogP contribution >= 0.6 is 0 Å². The van der Waals surface area contributed by atoms with Crippen molar-refractivity contribution in [3.8, 4) is 11.4 Å². The number of aryl methyl sites for hydroxylation is 2. The summed E-state index contributed by atoms with van der Waals surface area (Å²) < 4.78 is 0. The number of aromatic nitrogens is 4. The van der Waals surface area contributed by atoms with Crippen molar-refractivity contribution in [2.75, 3.05) is 32.7 Å². The highest BCUT2D eigenvalue weighted by Gasteiger charge is 2.20. The van der Waals surface area contributed by atoms with E-state index in [-0.39, 0.29) is 5.91 Å². The monoisotopic (exact) mass is 432 g/mol. The highest BCUT2D eigenvalue weighted by Crippen LogP contribution is 2.13. The van der Waals surface area contributed by atoms with E-state index >= 15 is 0 Å². The summed E-state index contributed by atoms with van der Waals surface area (Å²) in [4.78, 5) is 18.7. The van der Waals surface area contributed by atoms with Crippen LogP contribution in [0, 0.1) is 6.92 Å². The molecular formula is C25H32N6O. The maximum absolute atomic E-state index is 12.6. The molecule has 4 rings (SSSR count). The Morgan fingerprint density at radius 1 is 0.875 bits per heavy atom. The molecule has 1 fully saturated rings. The second-order valence-corrected chi connectivity index (χ2v) is 8.52. The van der Waals surface area contributed by atoms with Gasteiger partial charge in [0.15, 0.2) is 0 Å². The fourth-order valence-corrected chi connectivity index (χ4v) is 4.02. The molecule has 1 amide bonds. The van der Waals surface area contributed by atoms with E-state index in [4.69, 9.17) is 0 Å². The van der Waals surface area contributed by atoms with Gasteiger partial charge in [0.25, 0.3) is 0 Å².